The van der Waals surface area contributed by atoms with Crippen molar-refractivity contribution in [2.45, 2.75) is 3.41 Å². The van der Waals surface area contributed by atoms with Crippen molar-refractivity contribution in [3.63, 3.8) is 0 Å². The van der Waals surface area contributed by atoms with Crippen LogP contribution in [0.15, 0.2) is 0 Å². The molecular formula is C5H10OS3. The standard InChI is InChI=1S/C5H10OS3/c1-7-5(4-6,8-2)9-3/h4H,1-3H3. The summed E-state index contributed by atoms with van der Waals surface area (Å²) in [6.45, 7) is 0. The van der Waals surface area contributed by atoms with E-state index in [-0.39, 0.29) is 3.41 Å². The topological polar surface area (TPSA) is 17.1 Å². The van der Waals surface area contributed by atoms with Gasteiger partial charge in [0.25, 0.3) is 0 Å². The number of carbonyl (C=O) groups is 1. The quantitative estimate of drug-likeness (QED) is 0.488. The molecule has 0 atom stereocenters. The molecule has 0 rings (SSSR count). The van der Waals surface area contributed by atoms with Gasteiger partial charge in [0.05, 0.1) is 0 Å². The van der Waals surface area contributed by atoms with Crippen molar-refractivity contribution in [3.8, 4) is 0 Å². The van der Waals surface area contributed by atoms with Crippen LogP contribution in [0, 0.1) is 0 Å². The van der Waals surface area contributed by atoms with Gasteiger partial charge in [-0.25, -0.2) is 0 Å². The second-order valence-electron chi connectivity index (χ2n) is 1.33. The largest absolute Gasteiger partial charge is 0.300 e. The molecule has 0 bridgehead atoms. The monoisotopic (exact) mass is 182 g/mol. The Labute approximate surface area is 68.7 Å². The van der Waals surface area contributed by atoms with Crippen molar-refractivity contribution in [2.24, 2.45) is 0 Å². The zero-order valence-corrected chi connectivity index (χ0v) is 8.16. The van der Waals surface area contributed by atoms with E-state index in [1.165, 1.54) is 0 Å². The summed E-state index contributed by atoms with van der Waals surface area (Å²) in [6, 6.07) is 0. The predicted octanol–water partition coefficient (Wildman–Crippen LogP) is 1.93. The van der Waals surface area contributed by atoms with Crippen LogP contribution in [0.3, 0.4) is 0 Å². The van der Waals surface area contributed by atoms with Gasteiger partial charge in [-0.2, -0.15) is 0 Å². The Morgan fingerprint density at radius 3 is 1.44 bits per heavy atom. The fourth-order valence-electron chi connectivity index (χ4n) is 0.394. The van der Waals surface area contributed by atoms with E-state index in [0.29, 0.717) is 0 Å². The molecule has 4 heteroatoms. The lowest BCUT2D eigenvalue weighted by Gasteiger charge is -2.19. The van der Waals surface area contributed by atoms with E-state index in [4.69, 9.17) is 0 Å². The first kappa shape index (κ1) is 9.72. The molecule has 1 nitrogen and oxygen atoms in total. The molecule has 54 valence electrons. The van der Waals surface area contributed by atoms with Crippen LogP contribution < -0.4 is 0 Å². The van der Waals surface area contributed by atoms with E-state index in [1.54, 1.807) is 35.3 Å². The summed E-state index contributed by atoms with van der Waals surface area (Å²) in [4.78, 5) is 10.5. The minimum absolute atomic E-state index is 0.264. The van der Waals surface area contributed by atoms with Crippen molar-refractivity contribution in [2.75, 3.05) is 18.8 Å². The van der Waals surface area contributed by atoms with Gasteiger partial charge >= 0.3 is 0 Å². The molecule has 0 N–H and O–H groups in total. The number of rotatable bonds is 4. The van der Waals surface area contributed by atoms with Crippen LogP contribution in [-0.2, 0) is 4.79 Å². The average molecular weight is 182 g/mol. The molecule has 0 aliphatic rings. The zero-order chi connectivity index (χ0) is 7.33. The summed E-state index contributed by atoms with van der Waals surface area (Å²) < 4.78 is -0.264. The third kappa shape index (κ3) is 2.43. The second kappa shape index (κ2) is 4.52. The van der Waals surface area contributed by atoms with Crippen molar-refractivity contribution >= 4 is 41.6 Å². The van der Waals surface area contributed by atoms with Crippen molar-refractivity contribution in [3.05, 3.63) is 0 Å². The molecule has 0 radical (unpaired) electrons. The van der Waals surface area contributed by atoms with Gasteiger partial charge in [0.2, 0.25) is 0 Å². The van der Waals surface area contributed by atoms with E-state index in [0.717, 1.165) is 6.29 Å². The van der Waals surface area contributed by atoms with Gasteiger partial charge in [-0.05, 0) is 18.8 Å². The normalized spacial score (nSPS) is 11.4. The van der Waals surface area contributed by atoms with Crippen LogP contribution >= 0.6 is 35.3 Å². The van der Waals surface area contributed by atoms with E-state index in [2.05, 4.69) is 0 Å². The number of thioether (sulfide) groups is 3. The van der Waals surface area contributed by atoms with Gasteiger partial charge in [0.15, 0.2) is 9.70 Å². The minimum Gasteiger partial charge on any atom is -0.300 e. The number of hydrogen-bond donors (Lipinski definition) is 0. The van der Waals surface area contributed by atoms with Crippen molar-refractivity contribution in [1.29, 1.82) is 0 Å². The lowest BCUT2D eigenvalue weighted by molar-refractivity contribution is -0.106. The van der Waals surface area contributed by atoms with E-state index >= 15 is 0 Å². The van der Waals surface area contributed by atoms with E-state index < -0.39 is 0 Å². The summed E-state index contributed by atoms with van der Waals surface area (Å²) in [5.41, 5.74) is 0. The highest BCUT2D eigenvalue weighted by atomic mass is 32.3. The Hall–Kier alpha value is 0.720. The van der Waals surface area contributed by atoms with Gasteiger partial charge in [0, 0.05) is 0 Å². The SMILES string of the molecule is CSC(C=O)(SC)SC. The highest BCUT2D eigenvalue weighted by molar-refractivity contribution is 8.34. The van der Waals surface area contributed by atoms with Crippen LogP contribution in [0.4, 0.5) is 0 Å². The fourth-order valence-corrected chi connectivity index (χ4v) is 2.68. The molecule has 0 unspecified atom stereocenters. The third-order valence-electron chi connectivity index (χ3n) is 0.998. The van der Waals surface area contributed by atoms with E-state index in [1.807, 2.05) is 18.8 Å². The van der Waals surface area contributed by atoms with Gasteiger partial charge in [-0.1, -0.05) is 0 Å². The van der Waals surface area contributed by atoms with Crippen LogP contribution in [0.1, 0.15) is 0 Å². The molecule has 0 heterocycles. The first-order valence-corrected chi connectivity index (χ1v) is 6.04. The Morgan fingerprint density at radius 2 is 1.44 bits per heavy atom. The molecule has 0 aromatic heterocycles. The van der Waals surface area contributed by atoms with Crippen LogP contribution in [0.5, 0.6) is 0 Å². The zero-order valence-electron chi connectivity index (χ0n) is 5.71. The summed E-state index contributed by atoms with van der Waals surface area (Å²) in [5, 5.41) is 0. The highest BCUT2D eigenvalue weighted by Crippen LogP contribution is 2.40. The average Bonchev–Trinajstić information content (AvgIpc) is 1.95. The number of hydrogen-bond acceptors (Lipinski definition) is 4. The van der Waals surface area contributed by atoms with Gasteiger partial charge < -0.3 is 0 Å². The lowest BCUT2D eigenvalue weighted by atomic mass is 10.9. The van der Waals surface area contributed by atoms with Gasteiger partial charge in [-0.3, -0.25) is 4.79 Å². The Balaban J connectivity index is 3.98. The smallest absolute Gasteiger partial charge is 0.162 e. The molecule has 0 saturated carbocycles. The Kier molecular flexibility index (Phi) is 4.88. The molecule has 0 saturated heterocycles. The Bertz CT molecular complexity index is 81.9. The fraction of sp³-hybridized carbons (Fsp3) is 0.800. The molecular weight excluding hydrogens is 172 g/mol. The molecule has 0 amide bonds. The number of aldehydes is 1. The van der Waals surface area contributed by atoms with Gasteiger partial charge in [-0.15, -0.1) is 35.3 Å². The van der Waals surface area contributed by atoms with Crippen molar-refractivity contribution in [1.82, 2.24) is 0 Å². The summed E-state index contributed by atoms with van der Waals surface area (Å²) in [6.07, 6.45) is 6.83. The maximum Gasteiger partial charge on any atom is 0.162 e. The van der Waals surface area contributed by atoms with Gasteiger partial charge in [0.1, 0.15) is 0 Å². The molecule has 0 fully saturated rings. The first-order valence-electron chi connectivity index (χ1n) is 2.36. The number of carbonyl (C=O) groups excluding carboxylic acids is 1. The van der Waals surface area contributed by atoms with Crippen LogP contribution in [0.2, 0.25) is 0 Å². The molecule has 9 heavy (non-hydrogen) atoms. The van der Waals surface area contributed by atoms with E-state index in [9.17, 15) is 4.79 Å². The summed E-state index contributed by atoms with van der Waals surface area (Å²) in [7, 11) is 0. The van der Waals surface area contributed by atoms with Crippen molar-refractivity contribution < 1.29 is 4.79 Å². The summed E-state index contributed by atoms with van der Waals surface area (Å²) >= 11 is 4.73. The first-order chi connectivity index (χ1) is 4.24. The van der Waals surface area contributed by atoms with Crippen LogP contribution in [0.25, 0.3) is 0 Å². The molecule has 0 aliphatic carbocycles. The molecule has 0 spiro atoms. The molecule has 0 aromatic rings. The minimum atomic E-state index is -0.264. The lowest BCUT2D eigenvalue weighted by Crippen LogP contribution is -2.14. The van der Waals surface area contributed by atoms with Crippen LogP contribution in [-0.4, -0.2) is 28.5 Å². The molecule has 0 aromatic carbocycles. The molecule has 0 aliphatic heterocycles. The third-order valence-corrected chi connectivity index (χ3v) is 5.99. The summed E-state index contributed by atoms with van der Waals surface area (Å²) in [5.74, 6) is 0. The maximum absolute atomic E-state index is 10.5. The highest BCUT2D eigenvalue weighted by Gasteiger charge is 2.25. The predicted molar refractivity (Wildman–Crippen MR) is 49.3 cm³/mol. The second-order valence-corrected chi connectivity index (χ2v) is 5.27. The Morgan fingerprint density at radius 1 is 1.11 bits per heavy atom. The maximum atomic E-state index is 10.5.